The molecular weight excluding hydrogens is 950 g/mol. The third-order valence-corrected chi connectivity index (χ3v) is 9.94. The molecule has 0 unspecified atom stereocenters. The van der Waals surface area contributed by atoms with E-state index in [2.05, 4.69) is 256 Å². The second-order valence-electron chi connectivity index (χ2n) is 20.5. The van der Waals surface area contributed by atoms with Crippen molar-refractivity contribution in [3.63, 3.8) is 0 Å². The van der Waals surface area contributed by atoms with E-state index in [4.69, 9.17) is 0 Å². The van der Waals surface area contributed by atoms with Gasteiger partial charge in [0.15, 0.2) is 0 Å². The number of halogens is 2. The zero-order valence-electron chi connectivity index (χ0n) is 40.6. The van der Waals surface area contributed by atoms with Crippen molar-refractivity contribution in [2.24, 2.45) is 0 Å². The second-order valence-corrected chi connectivity index (χ2v) is 25.4. The Hall–Kier alpha value is -2.59. The summed E-state index contributed by atoms with van der Waals surface area (Å²) in [5, 5.41) is 10.8. The van der Waals surface area contributed by atoms with Crippen molar-refractivity contribution < 1.29 is 73.3 Å². The molecule has 0 aliphatic rings. The fourth-order valence-electron chi connectivity index (χ4n) is 6.33. The van der Waals surface area contributed by atoms with Crippen molar-refractivity contribution >= 4 is 49.5 Å². The van der Waals surface area contributed by atoms with Crippen LogP contribution in [0, 0.1) is 0 Å². The molecule has 0 aliphatic heterocycles. The summed E-state index contributed by atoms with van der Waals surface area (Å²) in [6.07, 6.45) is 0. The minimum absolute atomic E-state index is 0. The molecule has 4 heteroatoms. The van der Waals surface area contributed by atoms with E-state index >= 15 is 0 Å². The van der Waals surface area contributed by atoms with Gasteiger partial charge in [-0.2, -0.15) is 24.3 Å². The molecule has 328 valence electrons. The Labute approximate surface area is 419 Å². The Morgan fingerprint density at radius 2 is 0.468 bits per heavy atom. The summed E-state index contributed by atoms with van der Waals surface area (Å²) in [5.74, 6) is 0. The topological polar surface area (TPSA) is 0 Å². The van der Waals surface area contributed by atoms with Gasteiger partial charge in [-0.15, -0.1) is 162 Å². The molecule has 8 rings (SSSR count). The SMILES string of the molecule is CC(C)(C)c1cc2ccccc2[cH-]1.CC(C)(C)c1cc2ccccc2[cH-]1.CC(C)(C)c1cc2ccccc2[cH-]1.CC(C)(C)c1cc2ccccc2[cH-]1.C[C](C)=[Zr+2].C[C](C)=[Zr+2].[Cl-].[Cl-]. The summed E-state index contributed by atoms with van der Waals surface area (Å²) < 4.78 is 3.01. The molecule has 0 atom stereocenters. The van der Waals surface area contributed by atoms with Gasteiger partial charge in [0.1, 0.15) is 0 Å². The summed E-state index contributed by atoms with van der Waals surface area (Å²) in [6.45, 7) is 35.5. The Balaban J connectivity index is 0.000000386. The van der Waals surface area contributed by atoms with Gasteiger partial charge in [0.25, 0.3) is 0 Å². The Bertz CT molecular complexity index is 2070. The average Bonchev–Trinajstić information content (AvgIpc) is 3.95. The summed E-state index contributed by atoms with van der Waals surface area (Å²) in [6, 6.07) is 52.4. The molecule has 0 heterocycles. The van der Waals surface area contributed by atoms with Gasteiger partial charge >= 0.3 is 82.6 Å². The first kappa shape index (κ1) is 57.4. The molecule has 8 aromatic carbocycles. The molecule has 0 nitrogen and oxygen atoms in total. The number of hydrogen-bond donors (Lipinski definition) is 0. The number of rotatable bonds is 0. The van der Waals surface area contributed by atoms with Crippen LogP contribution in [-0.2, 0) is 70.1 Å². The van der Waals surface area contributed by atoms with E-state index in [0.717, 1.165) is 0 Å². The third-order valence-electron chi connectivity index (χ3n) is 9.94. The standard InChI is InChI=1S/4C13H15.2C3H6.2ClH.2Zr/c4*1-13(2,3)12-8-10-6-4-5-7-11(10)9-12;2*1-3-2;;;;/h4*4-9H,1-3H3;2*1-2H3;2*1H;;/q4*-1;;;;;2*+2/p-2. The molecule has 0 bridgehead atoms. The van der Waals surface area contributed by atoms with E-state index in [1.165, 1.54) is 71.8 Å². The van der Waals surface area contributed by atoms with Crippen LogP contribution < -0.4 is 24.8 Å². The van der Waals surface area contributed by atoms with Crippen molar-refractivity contribution in [3.05, 3.63) is 168 Å². The fraction of sp³-hybridized carbons (Fsp3) is 0.345. The van der Waals surface area contributed by atoms with E-state index in [1.807, 2.05) is 0 Å². The largest absolute Gasteiger partial charge is 1.00 e. The predicted molar refractivity (Wildman–Crippen MR) is 266 cm³/mol. The van der Waals surface area contributed by atoms with E-state index in [9.17, 15) is 0 Å². The normalized spacial score (nSPS) is 11.2. The zero-order valence-corrected chi connectivity index (χ0v) is 47.0. The molecular formula is C58H72Cl2Zr2-2. The summed E-state index contributed by atoms with van der Waals surface area (Å²) >= 11 is 3.11. The van der Waals surface area contributed by atoms with Crippen LogP contribution in [0.1, 0.15) is 133 Å². The predicted octanol–water partition coefficient (Wildman–Crippen LogP) is 10.9. The minimum atomic E-state index is 0. The van der Waals surface area contributed by atoms with E-state index < -0.39 is 0 Å². The zero-order chi connectivity index (χ0) is 45.1. The molecule has 62 heavy (non-hydrogen) atoms. The van der Waals surface area contributed by atoms with Gasteiger partial charge in [-0.25, -0.2) is 0 Å². The first-order chi connectivity index (χ1) is 27.8. The van der Waals surface area contributed by atoms with E-state index in [1.54, 1.807) is 48.5 Å². The number of hydrogen-bond acceptors (Lipinski definition) is 0. The van der Waals surface area contributed by atoms with Gasteiger partial charge in [-0.05, 0) is 21.7 Å². The Morgan fingerprint density at radius 1 is 0.323 bits per heavy atom. The van der Waals surface area contributed by atoms with Crippen molar-refractivity contribution in [2.45, 2.75) is 132 Å². The van der Waals surface area contributed by atoms with Crippen LogP contribution in [-0.4, -0.2) is 6.41 Å². The molecule has 0 spiro atoms. The van der Waals surface area contributed by atoms with Crippen LogP contribution in [0.5, 0.6) is 0 Å². The van der Waals surface area contributed by atoms with Gasteiger partial charge in [0.2, 0.25) is 0 Å². The van der Waals surface area contributed by atoms with E-state index in [-0.39, 0.29) is 46.5 Å². The van der Waals surface area contributed by atoms with Crippen LogP contribution in [0.4, 0.5) is 0 Å². The van der Waals surface area contributed by atoms with Gasteiger partial charge in [-0.3, -0.25) is 0 Å². The van der Waals surface area contributed by atoms with Crippen LogP contribution in [0.3, 0.4) is 0 Å². The molecule has 0 saturated carbocycles. The quantitative estimate of drug-likeness (QED) is 0.133. The maximum atomic E-state index is 2.29. The number of fused-ring (bicyclic) bond motifs is 4. The molecule has 0 aliphatic carbocycles. The third kappa shape index (κ3) is 19.3. The first-order valence-corrected chi connectivity index (χ1v) is 23.9. The molecule has 0 amide bonds. The second kappa shape index (κ2) is 25.2. The molecule has 0 saturated heterocycles. The van der Waals surface area contributed by atoms with Crippen molar-refractivity contribution in [1.82, 2.24) is 0 Å². The summed E-state index contributed by atoms with van der Waals surface area (Å²) in [7, 11) is 0. The Kier molecular flexibility index (Phi) is 23.3. The summed E-state index contributed by atoms with van der Waals surface area (Å²) in [4.78, 5) is 0. The maximum Gasteiger partial charge on any atom is -1.00 e. The van der Waals surface area contributed by atoms with E-state index in [0.29, 0.717) is 0 Å². The van der Waals surface area contributed by atoms with Crippen molar-refractivity contribution in [2.75, 3.05) is 0 Å². The smallest absolute Gasteiger partial charge is 1.00 e. The van der Waals surface area contributed by atoms with Gasteiger partial charge in [0, 0.05) is 0 Å². The van der Waals surface area contributed by atoms with Crippen LogP contribution >= 0.6 is 0 Å². The molecule has 0 N–H and O–H groups in total. The Morgan fingerprint density at radius 3 is 0.597 bits per heavy atom. The average molecular weight is 1020 g/mol. The van der Waals surface area contributed by atoms with Gasteiger partial charge in [0.05, 0.1) is 0 Å². The fourth-order valence-corrected chi connectivity index (χ4v) is 6.33. The first-order valence-electron chi connectivity index (χ1n) is 21.4. The maximum absolute atomic E-state index is 2.29. The molecule has 0 aromatic heterocycles. The molecule has 0 fully saturated rings. The molecule has 8 aromatic rings. The molecule has 0 radical (unpaired) electrons. The van der Waals surface area contributed by atoms with Crippen LogP contribution in [0.15, 0.2) is 146 Å². The van der Waals surface area contributed by atoms with Crippen LogP contribution in [0.2, 0.25) is 0 Å². The summed E-state index contributed by atoms with van der Waals surface area (Å²) in [5.41, 5.74) is 6.75. The van der Waals surface area contributed by atoms with Gasteiger partial charge < -0.3 is 24.8 Å². The van der Waals surface area contributed by atoms with Crippen molar-refractivity contribution in [3.8, 4) is 0 Å². The van der Waals surface area contributed by atoms with Crippen LogP contribution in [0.25, 0.3) is 43.1 Å². The van der Waals surface area contributed by atoms with Crippen molar-refractivity contribution in [1.29, 1.82) is 0 Å². The monoisotopic (exact) mass is 1020 g/mol. The minimum Gasteiger partial charge on any atom is -1.00 e. The number of benzene rings is 4. The van der Waals surface area contributed by atoms with Gasteiger partial charge in [-0.1, -0.05) is 107 Å².